The van der Waals surface area contributed by atoms with E-state index in [0.29, 0.717) is 18.9 Å². The Morgan fingerprint density at radius 1 is 1.23 bits per heavy atom. The van der Waals surface area contributed by atoms with E-state index in [-0.39, 0.29) is 17.4 Å². The zero-order valence-corrected chi connectivity index (χ0v) is 15.1. The van der Waals surface area contributed by atoms with Crippen LogP contribution in [0.2, 0.25) is 0 Å². The number of nitrogens with one attached hydrogen (secondary N) is 2. The van der Waals surface area contributed by atoms with Crippen molar-refractivity contribution in [3.8, 4) is 11.4 Å². The summed E-state index contributed by atoms with van der Waals surface area (Å²) in [4.78, 5) is 45.8. The molecule has 1 saturated heterocycles. The third kappa shape index (κ3) is 3.37. The maximum Gasteiger partial charge on any atom is 0.264 e. The van der Waals surface area contributed by atoms with Crippen LogP contribution in [-0.4, -0.2) is 45.8 Å². The molecule has 1 aliphatic rings. The van der Waals surface area contributed by atoms with Crippen molar-refractivity contribution in [2.75, 3.05) is 13.1 Å². The highest BCUT2D eigenvalue weighted by Gasteiger charge is 2.36. The van der Waals surface area contributed by atoms with Crippen molar-refractivity contribution in [2.45, 2.75) is 26.8 Å². The normalized spacial score (nSPS) is 17.3. The predicted octanol–water partition coefficient (Wildman–Crippen LogP) is 1.34. The van der Waals surface area contributed by atoms with E-state index in [0.717, 1.165) is 11.1 Å². The van der Waals surface area contributed by atoms with Gasteiger partial charge in [-0.25, -0.2) is 4.98 Å². The van der Waals surface area contributed by atoms with Gasteiger partial charge >= 0.3 is 0 Å². The molecule has 0 bridgehead atoms. The number of carbonyl (C=O) groups is 2. The highest BCUT2D eigenvalue weighted by Crippen LogP contribution is 2.17. The van der Waals surface area contributed by atoms with Crippen LogP contribution in [-0.2, 0) is 4.79 Å². The fraction of sp³-hybridized carbons (Fsp3) is 0.368. The van der Waals surface area contributed by atoms with E-state index in [1.807, 2.05) is 45.0 Å². The van der Waals surface area contributed by atoms with E-state index in [2.05, 4.69) is 15.3 Å². The van der Waals surface area contributed by atoms with Crippen LogP contribution in [0.1, 0.15) is 29.8 Å². The van der Waals surface area contributed by atoms with Gasteiger partial charge < -0.3 is 15.2 Å². The smallest absolute Gasteiger partial charge is 0.264 e. The average molecular weight is 354 g/mol. The van der Waals surface area contributed by atoms with Crippen LogP contribution < -0.4 is 10.9 Å². The van der Waals surface area contributed by atoms with Gasteiger partial charge in [-0.2, -0.15) is 0 Å². The minimum atomic E-state index is -0.590. The lowest BCUT2D eigenvalue weighted by atomic mass is 9.99. The van der Waals surface area contributed by atoms with Gasteiger partial charge in [-0.05, 0) is 12.8 Å². The van der Waals surface area contributed by atoms with Gasteiger partial charge in [0.05, 0.1) is 0 Å². The zero-order valence-electron chi connectivity index (χ0n) is 15.1. The topological polar surface area (TPSA) is 95.2 Å². The second-order valence-corrected chi connectivity index (χ2v) is 6.82. The molecule has 2 heterocycles. The summed E-state index contributed by atoms with van der Waals surface area (Å²) in [5.41, 5.74) is 1.31. The van der Waals surface area contributed by atoms with Gasteiger partial charge in [0.2, 0.25) is 5.91 Å². The number of hydrogen-bond donors (Lipinski definition) is 2. The van der Waals surface area contributed by atoms with Crippen LogP contribution in [0.4, 0.5) is 0 Å². The number of aromatic nitrogens is 2. The lowest BCUT2D eigenvalue weighted by Crippen LogP contribution is -2.59. The van der Waals surface area contributed by atoms with Crippen molar-refractivity contribution in [1.82, 2.24) is 20.2 Å². The van der Waals surface area contributed by atoms with Crippen molar-refractivity contribution >= 4 is 11.8 Å². The maximum absolute atomic E-state index is 12.9. The van der Waals surface area contributed by atoms with Crippen LogP contribution in [0, 0.1) is 12.8 Å². The molecule has 2 aromatic rings. The van der Waals surface area contributed by atoms with Gasteiger partial charge in [-0.3, -0.25) is 14.4 Å². The Kier molecular flexibility index (Phi) is 4.88. The fourth-order valence-electron chi connectivity index (χ4n) is 3.14. The summed E-state index contributed by atoms with van der Waals surface area (Å²) in [6.45, 7) is 6.46. The molecule has 0 spiro atoms. The van der Waals surface area contributed by atoms with E-state index >= 15 is 0 Å². The van der Waals surface area contributed by atoms with Gasteiger partial charge in [0, 0.05) is 24.8 Å². The summed E-state index contributed by atoms with van der Waals surface area (Å²) in [7, 11) is 0. The number of carbonyl (C=O) groups excluding carboxylic acids is 2. The summed E-state index contributed by atoms with van der Waals surface area (Å²) in [6.07, 6.45) is 1.29. The van der Waals surface area contributed by atoms with Gasteiger partial charge in [0.25, 0.3) is 11.5 Å². The van der Waals surface area contributed by atoms with E-state index in [1.54, 1.807) is 0 Å². The third-order valence-electron chi connectivity index (χ3n) is 4.50. The Morgan fingerprint density at radius 3 is 2.54 bits per heavy atom. The molecule has 1 aliphatic heterocycles. The molecule has 0 aliphatic carbocycles. The van der Waals surface area contributed by atoms with Crippen LogP contribution in [0.3, 0.4) is 0 Å². The van der Waals surface area contributed by atoms with E-state index < -0.39 is 17.5 Å². The second-order valence-electron chi connectivity index (χ2n) is 6.82. The van der Waals surface area contributed by atoms with Crippen molar-refractivity contribution in [2.24, 2.45) is 5.92 Å². The van der Waals surface area contributed by atoms with E-state index in [4.69, 9.17) is 0 Å². The lowest BCUT2D eigenvalue weighted by Gasteiger charge is -2.37. The van der Waals surface area contributed by atoms with Gasteiger partial charge in [-0.15, -0.1) is 0 Å². The molecule has 1 aromatic heterocycles. The number of aromatic amines is 1. The monoisotopic (exact) mass is 354 g/mol. The highest BCUT2D eigenvalue weighted by atomic mass is 16.2. The molecule has 2 amide bonds. The standard InChI is InChI=1S/C19H22N4O3/c1-11(2)15-18(25)20-8-9-23(15)19(26)14-10-21-16(22-17(14)24)13-6-4-12(3)5-7-13/h4-7,10-11,15H,8-9H2,1-3H3,(H,20,25)(H,21,22,24)/t15-/m1/s1. The van der Waals surface area contributed by atoms with Gasteiger partial charge in [0.1, 0.15) is 17.4 Å². The Morgan fingerprint density at radius 2 is 1.92 bits per heavy atom. The molecule has 2 N–H and O–H groups in total. The summed E-state index contributed by atoms with van der Waals surface area (Å²) < 4.78 is 0. The van der Waals surface area contributed by atoms with E-state index in [1.165, 1.54) is 11.1 Å². The first-order valence-corrected chi connectivity index (χ1v) is 8.63. The summed E-state index contributed by atoms with van der Waals surface area (Å²) in [6, 6.07) is 6.98. The largest absolute Gasteiger partial charge is 0.353 e. The van der Waals surface area contributed by atoms with Crippen LogP contribution >= 0.6 is 0 Å². The first-order chi connectivity index (χ1) is 12.4. The predicted molar refractivity (Wildman–Crippen MR) is 97.7 cm³/mol. The number of piperazine rings is 1. The molecule has 7 nitrogen and oxygen atoms in total. The second kappa shape index (κ2) is 7.11. The van der Waals surface area contributed by atoms with Crippen molar-refractivity contribution < 1.29 is 9.59 Å². The van der Waals surface area contributed by atoms with Gasteiger partial charge in [-0.1, -0.05) is 43.7 Å². The minimum Gasteiger partial charge on any atom is -0.353 e. The number of H-pyrrole nitrogens is 1. The molecule has 0 unspecified atom stereocenters. The molecular weight excluding hydrogens is 332 g/mol. The lowest BCUT2D eigenvalue weighted by molar-refractivity contribution is -0.129. The SMILES string of the molecule is Cc1ccc(-c2ncc(C(=O)N3CCNC(=O)[C@H]3C(C)C)c(=O)[nH]2)cc1. The number of nitrogens with zero attached hydrogens (tertiary/aromatic N) is 2. The van der Waals surface area contributed by atoms with Gasteiger partial charge in [0.15, 0.2) is 0 Å². The molecule has 1 atom stereocenters. The first kappa shape index (κ1) is 17.8. The molecule has 0 saturated carbocycles. The number of aryl methyl sites for hydroxylation is 1. The number of amides is 2. The summed E-state index contributed by atoms with van der Waals surface area (Å²) in [5.74, 6) is -0.315. The van der Waals surface area contributed by atoms with Crippen molar-refractivity contribution in [3.05, 3.63) is 51.9 Å². The molecule has 0 radical (unpaired) electrons. The summed E-state index contributed by atoms with van der Waals surface area (Å²) >= 11 is 0. The molecule has 3 rings (SSSR count). The Bertz CT molecular complexity index is 886. The molecule has 136 valence electrons. The summed E-state index contributed by atoms with van der Waals surface area (Å²) in [5, 5.41) is 2.77. The Balaban J connectivity index is 1.91. The Labute approximate surface area is 151 Å². The Hall–Kier alpha value is -2.96. The molecule has 7 heteroatoms. The first-order valence-electron chi connectivity index (χ1n) is 8.63. The van der Waals surface area contributed by atoms with E-state index in [9.17, 15) is 14.4 Å². The minimum absolute atomic E-state index is 0.0544. The van der Waals surface area contributed by atoms with Crippen LogP contribution in [0.25, 0.3) is 11.4 Å². The quantitative estimate of drug-likeness (QED) is 0.870. The molecule has 1 aromatic carbocycles. The molecule has 1 fully saturated rings. The van der Waals surface area contributed by atoms with Crippen molar-refractivity contribution in [1.29, 1.82) is 0 Å². The number of hydrogen-bond acceptors (Lipinski definition) is 4. The van der Waals surface area contributed by atoms with Crippen molar-refractivity contribution in [3.63, 3.8) is 0 Å². The molecular formula is C19H22N4O3. The third-order valence-corrected chi connectivity index (χ3v) is 4.50. The highest BCUT2D eigenvalue weighted by molar-refractivity contribution is 5.98. The zero-order chi connectivity index (χ0) is 18.8. The average Bonchev–Trinajstić information content (AvgIpc) is 2.61. The fourth-order valence-corrected chi connectivity index (χ4v) is 3.14. The maximum atomic E-state index is 12.9. The number of benzene rings is 1. The molecule has 26 heavy (non-hydrogen) atoms. The van der Waals surface area contributed by atoms with Crippen LogP contribution in [0.5, 0.6) is 0 Å². The number of rotatable bonds is 3. The van der Waals surface area contributed by atoms with Crippen LogP contribution in [0.15, 0.2) is 35.3 Å².